The molecule has 0 unspecified atom stereocenters. The van der Waals surface area contributed by atoms with Crippen molar-refractivity contribution in [2.24, 2.45) is 0 Å². The van der Waals surface area contributed by atoms with Crippen LogP contribution in [0.3, 0.4) is 0 Å². The Morgan fingerprint density at radius 1 is 1.23 bits per heavy atom. The molecule has 0 saturated carbocycles. The number of carbonyl (C=O) groups is 1. The molecule has 0 radical (unpaired) electrons. The number of fused-ring (bicyclic) bond motifs is 1. The van der Waals surface area contributed by atoms with Crippen LogP contribution in [0.5, 0.6) is 5.75 Å². The molecule has 0 bridgehead atoms. The summed E-state index contributed by atoms with van der Waals surface area (Å²) in [5, 5.41) is 12.5. The first-order chi connectivity index (χ1) is 10.6. The number of hydrogen-bond acceptors (Lipinski definition) is 4. The van der Waals surface area contributed by atoms with E-state index in [9.17, 15) is 13.6 Å². The van der Waals surface area contributed by atoms with Crippen LogP contribution in [0, 0.1) is 11.6 Å². The van der Waals surface area contributed by atoms with E-state index < -0.39 is 24.2 Å². The third kappa shape index (κ3) is 2.37. The molecule has 0 aliphatic rings. The highest BCUT2D eigenvalue weighted by molar-refractivity contribution is 5.92. The maximum absolute atomic E-state index is 14.2. The topological polar surface area (TPSA) is 72.6 Å². The Bertz CT molecular complexity index is 860. The summed E-state index contributed by atoms with van der Waals surface area (Å²) in [6.45, 7) is -0.684. The molecule has 0 spiro atoms. The average Bonchev–Trinajstić information content (AvgIpc) is 2.91. The van der Waals surface area contributed by atoms with Gasteiger partial charge in [-0.25, -0.2) is 9.18 Å². The molecule has 1 heterocycles. The molecule has 0 atom stereocenters. The van der Waals surface area contributed by atoms with E-state index in [1.807, 2.05) is 0 Å². The number of ether oxygens (including phenoxy) is 1. The standard InChI is InChI=1S/C15H9F2NO4/c16-10-4-2-1-3-8(10)14-9-5-6-11(21-7-12(19)20)13(17)15(9)22-18-14/h1-6H,7H2,(H,19,20). The van der Waals surface area contributed by atoms with Gasteiger partial charge in [-0.3, -0.25) is 0 Å². The smallest absolute Gasteiger partial charge is 0.341 e. The summed E-state index contributed by atoms with van der Waals surface area (Å²) in [7, 11) is 0. The molecule has 1 N–H and O–H groups in total. The molecular formula is C15H9F2NO4. The number of nitrogens with zero attached hydrogens (tertiary/aromatic N) is 1. The fraction of sp³-hybridized carbons (Fsp3) is 0.0667. The molecule has 3 rings (SSSR count). The van der Waals surface area contributed by atoms with Gasteiger partial charge in [0.2, 0.25) is 11.4 Å². The summed E-state index contributed by atoms with van der Waals surface area (Å²) >= 11 is 0. The van der Waals surface area contributed by atoms with Crippen molar-refractivity contribution in [1.29, 1.82) is 0 Å². The van der Waals surface area contributed by atoms with Crippen LogP contribution in [-0.4, -0.2) is 22.8 Å². The number of benzene rings is 2. The second-order valence-corrected chi connectivity index (χ2v) is 4.45. The zero-order chi connectivity index (χ0) is 15.7. The summed E-state index contributed by atoms with van der Waals surface area (Å²) in [4.78, 5) is 10.4. The van der Waals surface area contributed by atoms with E-state index in [4.69, 9.17) is 14.4 Å². The Kier molecular flexibility index (Phi) is 3.46. The minimum absolute atomic E-state index is 0.164. The number of aromatic nitrogens is 1. The lowest BCUT2D eigenvalue weighted by Gasteiger charge is -2.04. The Hall–Kier alpha value is -2.96. The lowest BCUT2D eigenvalue weighted by Crippen LogP contribution is -2.10. The molecule has 0 fully saturated rings. The van der Waals surface area contributed by atoms with Crippen LogP contribution >= 0.6 is 0 Å². The van der Waals surface area contributed by atoms with Crippen LogP contribution < -0.4 is 4.74 Å². The van der Waals surface area contributed by atoms with E-state index in [0.717, 1.165) is 0 Å². The average molecular weight is 305 g/mol. The maximum atomic E-state index is 14.2. The van der Waals surface area contributed by atoms with Crippen molar-refractivity contribution in [1.82, 2.24) is 5.16 Å². The molecule has 0 aliphatic heterocycles. The summed E-state index contributed by atoms with van der Waals surface area (Å²) in [5.41, 5.74) is 0.123. The normalized spacial score (nSPS) is 10.8. The van der Waals surface area contributed by atoms with Crippen LogP contribution in [0.1, 0.15) is 0 Å². The molecular weight excluding hydrogens is 296 g/mol. The van der Waals surface area contributed by atoms with Gasteiger partial charge in [0.1, 0.15) is 11.5 Å². The van der Waals surface area contributed by atoms with Gasteiger partial charge in [0.15, 0.2) is 12.4 Å². The molecule has 5 nitrogen and oxygen atoms in total. The highest BCUT2D eigenvalue weighted by Crippen LogP contribution is 2.34. The summed E-state index contributed by atoms with van der Waals surface area (Å²) in [6, 6.07) is 8.60. The largest absolute Gasteiger partial charge is 0.479 e. The molecule has 22 heavy (non-hydrogen) atoms. The number of rotatable bonds is 4. The van der Waals surface area contributed by atoms with E-state index in [2.05, 4.69) is 5.16 Å². The molecule has 0 aliphatic carbocycles. The molecule has 2 aromatic carbocycles. The predicted octanol–water partition coefficient (Wildman–Crippen LogP) is 3.24. The third-order valence-electron chi connectivity index (χ3n) is 3.03. The quantitative estimate of drug-likeness (QED) is 0.801. The first-order valence-electron chi connectivity index (χ1n) is 6.25. The Morgan fingerprint density at radius 2 is 2.00 bits per heavy atom. The van der Waals surface area contributed by atoms with Crippen molar-refractivity contribution in [3.05, 3.63) is 48.0 Å². The molecule has 7 heteroatoms. The Morgan fingerprint density at radius 3 is 2.73 bits per heavy atom. The van der Waals surface area contributed by atoms with Crippen LogP contribution in [0.15, 0.2) is 40.9 Å². The number of halogens is 2. The number of carboxylic acids is 1. The van der Waals surface area contributed by atoms with Gasteiger partial charge in [-0.05, 0) is 24.3 Å². The molecule has 0 amide bonds. The number of carboxylic acid groups (broad SMARTS) is 1. The Labute approximate surface area is 122 Å². The van der Waals surface area contributed by atoms with Crippen molar-refractivity contribution in [3.63, 3.8) is 0 Å². The van der Waals surface area contributed by atoms with Crippen molar-refractivity contribution in [3.8, 4) is 17.0 Å². The summed E-state index contributed by atoms with van der Waals surface area (Å²) in [5.74, 6) is -2.90. The zero-order valence-electron chi connectivity index (χ0n) is 11.0. The second kappa shape index (κ2) is 5.44. The highest BCUT2D eigenvalue weighted by atomic mass is 19.1. The first kappa shape index (κ1) is 14.0. The zero-order valence-corrected chi connectivity index (χ0v) is 11.0. The molecule has 3 aromatic rings. The van der Waals surface area contributed by atoms with Gasteiger partial charge in [0.05, 0.1) is 5.39 Å². The van der Waals surface area contributed by atoms with Gasteiger partial charge in [-0.1, -0.05) is 17.3 Å². The van der Waals surface area contributed by atoms with E-state index in [-0.39, 0.29) is 28.0 Å². The minimum atomic E-state index is -1.23. The lowest BCUT2D eigenvalue weighted by atomic mass is 10.1. The van der Waals surface area contributed by atoms with Crippen LogP contribution in [0.2, 0.25) is 0 Å². The summed E-state index contributed by atoms with van der Waals surface area (Å²) in [6.07, 6.45) is 0. The van der Waals surface area contributed by atoms with E-state index in [0.29, 0.717) is 0 Å². The van der Waals surface area contributed by atoms with Gasteiger partial charge >= 0.3 is 5.97 Å². The monoisotopic (exact) mass is 305 g/mol. The molecule has 0 saturated heterocycles. The molecule has 1 aromatic heterocycles. The SMILES string of the molecule is O=C(O)COc1ccc2c(-c3ccccc3F)noc2c1F. The van der Waals surface area contributed by atoms with Gasteiger partial charge in [-0.15, -0.1) is 0 Å². The maximum Gasteiger partial charge on any atom is 0.341 e. The second-order valence-electron chi connectivity index (χ2n) is 4.45. The van der Waals surface area contributed by atoms with E-state index in [1.54, 1.807) is 6.07 Å². The van der Waals surface area contributed by atoms with Crippen LogP contribution in [-0.2, 0) is 4.79 Å². The highest BCUT2D eigenvalue weighted by Gasteiger charge is 2.19. The summed E-state index contributed by atoms with van der Waals surface area (Å²) < 4.78 is 37.7. The fourth-order valence-corrected chi connectivity index (χ4v) is 2.05. The minimum Gasteiger partial charge on any atom is -0.479 e. The predicted molar refractivity (Wildman–Crippen MR) is 72.5 cm³/mol. The number of hydrogen-bond donors (Lipinski definition) is 1. The lowest BCUT2D eigenvalue weighted by molar-refractivity contribution is -0.139. The van der Waals surface area contributed by atoms with Gasteiger partial charge < -0.3 is 14.4 Å². The third-order valence-corrected chi connectivity index (χ3v) is 3.03. The van der Waals surface area contributed by atoms with Crippen LogP contribution in [0.4, 0.5) is 8.78 Å². The van der Waals surface area contributed by atoms with Gasteiger partial charge in [-0.2, -0.15) is 4.39 Å². The fourth-order valence-electron chi connectivity index (χ4n) is 2.05. The van der Waals surface area contributed by atoms with Crippen molar-refractivity contribution in [2.45, 2.75) is 0 Å². The van der Waals surface area contributed by atoms with Crippen molar-refractivity contribution in [2.75, 3.05) is 6.61 Å². The van der Waals surface area contributed by atoms with Gasteiger partial charge in [0.25, 0.3) is 0 Å². The van der Waals surface area contributed by atoms with Crippen LogP contribution in [0.25, 0.3) is 22.2 Å². The van der Waals surface area contributed by atoms with E-state index >= 15 is 0 Å². The van der Waals surface area contributed by atoms with Crippen molar-refractivity contribution < 1.29 is 27.9 Å². The molecule has 112 valence electrons. The number of aliphatic carboxylic acids is 1. The van der Waals surface area contributed by atoms with E-state index in [1.165, 1.54) is 30.3 Å². The van der Waals surface area contributed by atoms with Gasteiger partial charge in [0, 0.05) is 5.56 Å². The van der Waals surface area contributed by atoms with Crippen molar-refractivity contribution >= 4 is 16.9 Å². The Balaban J connectivity index is 2.08. The first-order valence-corrected chi connectivity index (χ1v) is 6.25.